The van der Waals surface area contributed by atoms with Gasteiger partial charge in [0.2, 0.25) is 10.0 Å². The van der Waals surface area contributed by atoms with Crippen molar-refractivity contribution in [3.8, 4) is 6.01 Å². The fourth-order valence-corrected chi connectivity index (χ4v) is 5.20. The summed E-state index contributed by atoms with van der Waals surface area (Å²) in [5, 5.41) is 6.37. The van der Waals surface area contributed by atoms with Crippen LogP contribution in [-0.2, 0) is 16.4 Å². The van der Waals surface area contributed by atoms with Crippen LogP contribution in [0.4, 0.5) is 0 Å². The van der Waals surface area contributed by atoms with Crippen LogP contribution >= 0.6 is 0 Å². The van der Waals surface area contributed by atoms with Crippen molar-refractivity contribution in [2.24, 2.45) is 0 Å². The second-order valence-electron chi connectivity index (χ2n) is 7.04. The third kappa shape index (κ3) is 4.66. The quantitative estimate of drug-likeness (QED) is 0.735. The first kappa shape index (κ1) is 18.5. The van der Waals surface area contributed by atoms with Crippen LogP contribution in [0.25, 0.3) is 0 Å². The Hall–Kier alpha value is -1.29. The monoisotopic (exact) mass is 369 g/mol. The Kier molecular flexibility index (Phi) is 5.57. The average molecular weight is 369 g/mol. The highest BCUT2D eigenvalue weighted by molar-refractivity contribution is 7.89. The van der Waals surface area contributed by atoms with E-state index in [9.17, 15) is 8.42 Å². The molecule has 2 fully saturated rings. The molecule has 0 spiro atoms. The summed E-state index contributed by atoms with van der Waals surface area (Å²) in [5.41, 5.74) is 0.665. The van der Waals surface area contributed by atoms with Gasteiger partial charge in [-0.3, -0.25) is 5.32 Å². The van der Waals surface area contributed by atoms with Crippen molar-refractivity contribution in [2.45, 2.75) is 44.8 Å². The van der Waals surface area contributed by atoms with Gasteiger partial charge in [0.25, 0.3) is 0 Å². The summed E-state index contributed by atoms with van der Waals surface area (Å²) in [4.78, 5) is 8.42. The minimum atomic E-state index is -3.29. The number of nitrogens with one attached hydrogen (secondary N) is 2. The number of aryl methyl sites for hydroxylation is 1. The Morgan fingerprint density at radius 3 is 2.56 bits per heavy atom. The normalized spacial score (nSPS) is 26.0. The second kappa shape index (κ2) is 7.53. The van der Waals surface area contributed by atoms with Gasteiger partial charge in [0.15, 0.2) is 0 Å². The molecule has 0 amide bonds. The first-order chi connectivity index (χ1) is 11.9. The molecule has 1 aromatic rings. The van der Waals surface area contributed by atoms with E-state index in [1.54, 1.807) is 16.7 Å². The van der Waals surface area contributed by atoms with Crippen LogP contribution in [0, 0.1) is 0 Å². The Morgan fingerprint density at radius 1 is 1.32 bits per heavy atom. The lowest BCUT2D eigenvalue weighted by atomic mass is 10.1. The van der Waals surface area contributed by atoms with E-state index in [-0.39, 0.29) is 11.9 Å². The zero-order valence-corrected chi connectivity index (χ0v) is 15.7. The van der Waals surface area contributed by atoms with E-state index in [4.69, 9.17) is 4.74 Å². The average Bonchev–Trinajstić information content (AvgIpc) is 3.01. The fraction of sp³-hybridized carbons (Fsp3) is 0.750. The number of ether oxygens (including phenoxy) is 1. The van der Waals surface area contributed by atoms with Crippen LogP contribution in [0.2, 0.25) is 0 Å². The predicted octanol–water partition coefficient (Wildman–Crippen LogP) is 0.121. The maximum Gasteiger partial charge on any atom is 0.316 e. The lowest BCUT2D eigenvalue weighted by Gasteiger charge is -2.33. The first-order valence-corrected chi connectivity index (χ1v) is 10.4. The summed E-state index contributed by atoms with van der Waals surface area (Å²) in [6, 6.07) is 0.368. The maximum absolute atomic E-state index is 12.7. The first-order valence-electron chi connectivity index (χ1n) is 8.81. The molecule has 140 valence electrons. The summed E-state index contributed by atoms with van der Waals surface area (Å²) in [6.07, 6.45) is 5.69. The largest absolute Gasteiger partial charge is 0.460 e. The summed E-state index contributed by atoms with van der Waals surface area (Å²) in [7, 11) is -3.29. The van der Waals surface area contributed by atoms with Gasteiger partial charge in [-0.15, -0.1) is 0 Å². The van der Waals surface area contributed by atoms with Gasteiger partial charge < -0.3 is 10.1 Å². The Bertz CT molecular complexity index is 666. The van der Waals surface area contributed by atoms with Crippen LogP contribution in [0.15, 0.2) is 12.4 Å². The molecule has 1 atom stereocenters. The molecule has 9 heteroatoms. The van der Waals surface area contributed by atoms with E-state index in [1.165, 1.54) is 0 Å². The van der Waals surface area contributed by atoms with Gasteiger partial charge >= 0.3 is 6.01 Å². The molecular weight excluding hydrogens is 342 g/mol. The number of hydrogen-bond acceptors (Lipinski definition) is 7. The minimum absolute atomic E-state index is 0.0409. The molecule has 3 heterocycles. The molecule has 2 N–H and O–H groups in total. The molecule has 2 aliphatic rings. The molecule has 0 aliphatic carbocycles. The second-order valence-corrected chi connectivity index (χ2v) is 9.01. The summed E-state index contributed by atoms with van der Waals surface area (Å²) >= 11 is 0. The van der Waals surface area contributed by atoms with Crippen molar-refractivity contribution in [3.63, 3.8) is 0 Å². The van der Waals surface area contributed by atoms with Gasteiger partial charge in [0, 0.05) is 44.2 Å². The molecule has 3 rings (SSSR count). The van der Waals surface area contributed by atoms with Crippen molar-refractivity contribution in [2.75, 3.05) is 32.1 Å². The molecule has 0 aromatic carbocycles. The Morgan fingerprint density at radius 2 is 2.00 bits per heavy atom. The molecule has 8 nitrogen and oxygen atoms in total. The lowest BCUT2D eigenvalue weighted by molar-refractivity contribution is 0.124. The highest BCUT2D eigenvalue weighted by Crippen LogP contribution is 2.21. The van der Waals surface area contributed by atoms with Gasteiger partial charge in [-0.25, -0.2) is 22.7 Å². The van der Waals surface area contributed by atoms with Gasteiger partial charge in [0.1, 0.15) is 6.10 Å². The predicted molar refractivity (Wildman–Crippen MR) is 94.8 cm³/mol. The number of piperidine rings is 1. The van der Waals surface area contributed by atoms with Gasteiger partial charge in [-0.1, -0.05) is 6.92 Å². The van der Waals surface area contributed by atoms with E-state index >= 15 is 0 Å². The molecule has 0 radical (unpaired) electrons. The Labute approximate surface area is 149 Å². The number of hydrogen-bond donors (Lipinski definition) is 2. The van der Waals surface area contributed by atoms with Crippen LogP contribution in [0.1, 0.15) is 32.3 Å². The Balaban J connectivity index is 1.52. The molecule has 0 unspecified atom stereocenters. The molecule has 2 saturated heterocycles. The number of nitrogens with zero attached hydrogens (tertiary/aromatic N) is 3. The van der Waals surface area contributed by atoms with Gasteiger partial charge in [0.05, 0.1) is 5.75 Å². The highest BCUT2D eigenvalue weighted by Gasteiger charge is 2.37. The molecule has 1 aromatic heterocycles. The topological polar surface area (TPSA) is 96.5 Å². The van der Waals surface area contributed by atoms with Crippen LogP contribution in [-0.4, -0.2) is 66.4 Å². The van der Waals surface area contributed by atoms with Crippen LogP contribution in [0.3, 0.4) is 0 Å². The SMILES string of the molecule is CCc1cnc(OC2CCN(S(=O)(=O)C[C@]3(C)CNCN3)CC2)nc1. The van der Waals surface area contributed by atoms with Crippen molar-refractivity contribution in [3.05, 3.63) is 18.0 Å². The van der Waals surface area contributed by atoms with E-state index in [0.29, 0.717) is 45.2 Å². The van der Waals surface area contributed by atoms with Crippen LogP contribution in [0.5, 0.6) is 6.01 Å². The number of aromatic nitrogens is 2. The van der Waals surface area contributed by atoms with Crippen molar-refractivity contribution < 1.29 is 13.2 Å². The zero-order chi connectivity index (χ0) is 17.9. The molecule has 25 heavy (non-hydrogen) atoms. The van der Waals surface area contributed by atoms with E-state index in [1.807, 2.05) is 13.8 Å². The lowest BCUT2D eigenvalue weighted by Crippen LogP contribution is -2.51. The van der Waals surface area contributed by atoms with Crippen molar-refractivity contribution in [1.82, 2.24) is 24.9 Å². The van der Waals surface area contributed by atoms with E-state index < -0.39 is 15.6 Å². The van der Waals surface area contributed by atoms with Crippen molar-refractivity contribution >= 4 is 10.0 Å². The van der Waals surface area contributed by atoms with E-state index in [2.05, 4.69) is 20.6 Å². The third-order valence-corrected chi connectivity index (χ3v) is 6.97. The molecule has 0 bridgehead atoms. The fourth-order valence-electron chi connectivity index (χ4n) is 3.24. The van der Waals surface area contributed by atoms with Gasteiger partial charge in [-0.2, -0.15) is 0 Å². The summed E-state index contributed by atoms with van der Waals surface area (Å²) < 4.78 is 32.7. The summed E-state index contributed by atoms with van der Waals surface area (Å²) in [5.74, 6) is 0.111. The number of sulfonamides is 1. The zero-order valence-electron chi connectivity index (χ0n) is 14.9. The smallest absolute Gasteiger partial charge is 0.316 e. The van der Waals surface area contributed by atoms with E-state index in [0.717, 1.165) is 12.0 Å². The summed E-state index contributed by atoms with van der Waals surface area (Å²) in [6.45, 7) is 6.26. The minimum Gasteiger partial charge on any atom is -0.460 e. The van der Waals surface area contributed by atoms with Crippen LogP contribution < -0.4 is 15.4 Å². The number of rotatable bonds is 6. The molecule has 0 saturated carbocycles. The van der Waals surface area contributed by atoms with Gasteiger partial charge in [-0.05, 0) is 31.7 Å². The maximum atomic E-state index is 12.7. The third-order valence-electron chi connectivity index (χ3n) is 4.81. The molecule has 2 aliphatic heterocycles. The highest BCUT2D eigenvalue weighted by atomic mass is 32.2. The molecular formula is C16H27N5O3S. The standard InChI is InChI=1S/C16H27N5O3S/c1-3-13-8-18-15(19-9-13)24-14-4-6-21(7-5-14)25(22,23)11-16(2)10-17-12-20-16/h8-9,14,17,20H,3-7,10-12H2,1-2H3/t16-/m0/s1. The van der Waals surface area contributed by atoms with Crippen molar-refractivity contribution in [1.29, 1.82) is 0 Å².